The molecule has 20 heavy (non-hydrogen) atoms. The molecule has 0 saturated heterocycles. The summed E-state index contributed by atoms with van der Waals surface area (Å²) in [6, 6.07) is 5.17. The van der Waals surface area contributed by atoms with Crippen molar-refractivity contribution in [2.75, 3.05) is 13.6 Å². The largest absolute Gasteiger partial charge is 0.330 e. The van der Waals surface area contributed by atoms with Crippen LogP contribution in [0.3, 0.4) is 0 Å². The van der Waals surface area contributed by atoms with Crippen LogP contribution in [0.15, 0.2) is 32.0 Å². The lowest BCUT2D eigenvalue weighted by atomic mass is 10.0. The summed E-state index contributed by atoms with van der Waals surface area (Å²) < 4.78 is 28.4. The van der Waals surface area contributed by atoms with Gasteiger partial charge in [0, 0.05) is 22.0 Å². The number of hydrogen-bond donors (Lipinski definition) is 1. The Labute approximate surface area is 137 Å². The van der Waals surface area contributed by atoms with Crippen molar-refractivity contribution < 1.29 is 8.42 Å². The molecule has 0 radical (unpaired) electrons. The van der Waals surface area contributed by atoms with Gasteiger partial charge < -0.3 is 5.73 Å². The predicted molar refractivity (Wildman–Crippen MR) is 87.0 cm³/mol. The van der Waals surface area contributed by atoms with E-state index in [1.54, 1.807) is 25.2 Å². The van der Waals surface area contributed by atoms with Gasteiger partial charge in [-0.1, -0.05) is 22.4 Å². The van der Waals surface area contributed by atoms with Gasteiger partial charge in [-0.15, -0.1) is 0 Å². The molecule has 7 heteroatoms. The molecule has 1 aromatic carbocycles. The zero-order chi connectivity index (χ0) is 14.9. The van der Waals surface area contributed by atoms with E-state index >= 15 is 0 Å². The number of rotatable bonds is 4. The average Bonchev–Trinajstić information content (AvgIpc) is 2.88. The van der Waals surface area contributed by atoms with Gasteiger partial charge in [0.25, 0.3) is 0 Å². The first kappa shape index (κ1) is 16.4. The van der Waals surface area contributed by atoms with Crippen molar-refractivity contribution in [3.05, 3.63) is 27.1 Å². The summed E-state index contributed by atoms with van der Waals surface area (Å²) in [4.78, 5) is 0.289. The summed E-state index contributed by atoms with van der Waals surface area (Å²) in [5.41, 5.74) is 5.76. The van der Waals surface area contributed by atoms with Gasteiger partial charge in [0.15, 0.2) is 0 Å². The minimum Gasteiger partial charge on any atom is -0.330 e. The summed E-state index contributed by atoms with van der Waals surface area (Å²) in [6.45, 7) is 0.532. The topological polar surface area (TPSA) is 63.4 Å². The van der Waals surface area contributed by atoms with Gasteiger partial charge in [-0.2, -0.15) is 4.31 Å². The van der Waals surface area contributed by atoms with Crippen LogP contribution in [0.1, 0.15) is 19.3 Å². The van der Waals surface area contributed by atoms with Crippen molar-refractivity contribution in [2.24, 2.45) is 11.7 Å². The maximum Gasteiger partial charge on any atom is 0.244 e. The van der Waals surface area contributed by atoms with E-state index in [4.69, 9.17) is 5.73 Å². The van der Waals surface area contributed by atoms with E-state index in [9.17, 15) is 8.42 Å². The Morgan fingerprint density at radius 2 is 2.05 bits per heavy atom. The molecule has 2 N–H and O–H groups in total. The van der Waals surface area contributed by atoms with Crippen LogP contribution in [0, 0.1) is 5.92 Å². The zero-order valence-corrected chi connectivity index (χ0v) is 15.2. The summed E-state index contributed by atoms with van der Waals surface area (Å²) >= 11 is 6.65. The zero-order valence-electron chi connectivity index (χ0n) is 11.2. The minimum absolute atomic E-state index is 0.00381. The molecule has 0 heterocycles. The van der Waals surface area contributed by atoms with Crippen LogP contribution in [0.5, 0.6) is 0 Å². The molecule has 1 aliphatic carbocycles. The van der Waals surface area contributed by atoms with E-state index in [1.807, 2.05) is 0 Å². The van der Waals surface area contributed by atoms with Gasteiger partial charge in [0.1, 0.15) is 0 Å². The van der Waals surface area contributed by atoms with Crippen LogP contribution in [-0.4, -0.2) is 32.4 Å². The SMILES string of the molecule is CN(C1CCCC1CN)S(=O)(=O)c1cc(Br)ccc1Br. The number of nitrogens with zero attached hydrogens (tertiary/aromatic N) is 1. The average molecular weight is 426 g/mol. The Balaban J connectivity index is 2.37. The van der Waals surface area contributed by atoms with E-state index < -0.39 is 10.0 Å². The third-order valence-electron chi connectivity index (χ3n) is 3.94. The highest BCUT2D eigenvalue weighted by Crippen LogP contribution is 2.34. The normalized spacial score (nSPS) is 23.4. The minimum atomic E-state index is -3.52. The molecule has 0 spiro atoms. The monoisotopic (exact) mass is 424 g/mol. The Hall–Kier alpha value is 0.0500. The first-order valence-corrected chi connectivity index (χ1v) is 9.53. The Bertz CT molecular complexity index is 592. The summed E-state index contributed by atoms with van der Waals surface area (Å²) in [5, 5.41) is 0. The van der Waals surface area contributed by atoms with Crippen molar-refractivity contribution in [1.82, 2.24) is 4.31 Å². The van der Waals surface area contributed by atoms with Crippen LogP contribution < -0.4 is 5.73 Å². The lowest BCUT2D eigenvalue weighted by molar-refractivity contribution is 0.304. The van der Waals surface area contributed by atoms with Crippen molar-refractivity contribution in [3.63, 3.8) is 0 Å². The molecule has 4 nitrogen and oxygen atoms in total. The molecule has 0 aliphatic heterocycles. The maximum atomic E-state index is 12.8. The molecule has 112 valence electrons. The molecule has 1 aromatic rings. The highest BCUT2D eigenvalue weighted by Gasteiger charge is 2.36. The fourth-order valence-corrected chi connectivity index (χ4v) is 5.69. The number of halogens is 2. The van der Waals surface area contributed by atoms with Crippen molar-refractivity contribution in [3.8, 4) is 0 Å². The molecule has 2 atom stereocenters. The molecular weight excluding hydrogens is 408 g/mol. The fourth-order valence-electron chi connectivity index (χ4n) is 2.78. The van der Waals surface area contributed by atoms with Crippen LogP contribution in [0.25, 0.3) is 0 Å². The standard InChI is InChI=1S/C13H18Br2N2O2S/c1-17(12-4-2-3-9(12)8-16)20(18,19)13-7-10(14)5-6-11(13)15/h5-7,9,12H,2-4,8,16H2,1H3. The second-order valence-electron chi connectivity index (χ2n) is 5.09. The molecular formula is C13H18Br2N2O2S. The molecule has 0 bridgehead atoms. The summed E-state index contributed by atoms with van der Waals surface area (Å²) in [7, 11) is -1.86. The van der Waals surface area contributed by atoms with Crippen LogP contribution >= 0.6 is 31.9 Å². The molecule has 1 fully saturated rings. The summed E-state index contributed by atoms with van der Waals surface area (Å²) in [5.74, 6) is 0.251. The summed E-state index contributed by atoms with van der Waals surface area (Å²) in [6.07, 6.45) is 2.91. The quantitative estimate of drug-likeness (QED) is 0.806. The van der Waals surface area contributed by atoms with E-state index in [0.29, 0.717) is 11.0 Å². The van der Waals surface area contributed by atoms with E-state index in [-0.39, 0.29) is 16.9 Å². The fraction of sp³-hybridized carbons (Fsp3) is 0.538. The second-order valence-corrected chi connectivity index (χ2v) is 8.83. The van der Waals surface area contributed by atoms with Crippen LogP contribution in [0.2, 0.25) is 0 Å². The Kier molecular flexibility index (Phi) is 5.29. The highest BCUT2D eigenvalue weighted by atomic mass is 79.9. The Morgan fingerprint density at radius 3 is 2.70 bits per heavy atom. The molecule has 0 amide bonds. The van der Waals surface area contributed by atoms with E-state index in [0.717, 1.165) is 23.7 Å². The Morgan fingerprint density at radius 1 is 1.35 bits per heavy atom. The van der Waals surface area contributed by atoms with Gasteiger partial charge in [-0.3, -0.25) is 0 Å². The van der Waals surface area contributed by atoms with Crippen LogP contribution in [-0.2, 0) is 10.0 Å². The van der Waals surface area contributed by atoms with E-state index in [2.05, 4.69) is 31.9 Å². The first-order valence-electron chi connectivity index (χ1n) is 6.51. The number of sulfonamides is 1. The number of benzene rings is 1. The predicted octanol–water partition coefficient (Wildman–Crippen LogP) is 2.96. The van der Waals surface area contributed by atoms with Gasteiger partial charge in [-0.25, -0.2) is 8.42 Å². The molecule has 0 aromatic heterocycles. The van der Waals surface area contributed by atoms with Gasteiger partial charge >= 0.3 is 0 Å². The van der Waals surface area contributed by atoms with Gasteiger partial charge in [0.2, 0.25) is 10.0 Å². The number of hydrogen-bond acceptors (Lipinski definition) is 3. The van der Waals surface area contributed by atoms with Crippen molar-refractivity contribution >= 4 is 41.9 Å². The van der Waals surface area contributed by atoms with Gasteiger partial charge in [0.05, 0.1) is 4.90 Å². The van der Waals surface area contributed by atoms with Crippen molar-refractivity contribution in [1.29, 1.82) is 0 Å². The number of nitrogens with two attached hydrogens (primary N) is 1. The first-order chi connectivity index (χ1) is 9.37. The molecule has 1 saturated carbocycles. The molecule has 1 aliphatic rings. The van der Waals surface area contributed by atoms with Crippen molar-refractivity contribution in [2.45, 2.75) is 30.2 Å². The van der Waals surface area contributed by atoms with Gasteiger partial charge in [-0.05, 0) is 59.4 Å². The third-order valence-corrected chi connectivity index (χ3v) is 7.31. The second kappa shape index (κ2) is 6.44. The maximum absolute atomic E-state index is 12.8. The molecule has 2 rings (SSSR count). The lowest BCUT2D eigenvalue weighted by Crippen LogP contribution is -2.41. The smallest absolute Gasteiger partial charge is 0.244 e. The lowest BCUT2D eigenvalue weighted by Gasteiger charge is -2.28. The van der Waals surface area contributed by atoms with E-state index in [1.165, 1.54) is 4.31 Å². The molecule has 2 unspecified atom stereocenters. The highest BCUT2D eigenvalue weighted by molar-refractivity contribution is 9.11. The third kappa shape index (κ3) is 3.11. The van der Waals surface area contributed by atoms with Crippen LogP contribution in [0.4, 0.5) is 0 Å².